The zero-order chi connectivity index (χ0) is 11.4. The van der Waals surface area contributed by atoms with Crippen molar-refractivity contribution in [1.82, 2.24) is 4.98 Å². The molecule has 0 amide bonds. The average Bonchev–Trinajstić information content (AvgIpc) is 2.17. The number of pyridine rings is 1. The highest BCUT2D eigenvalue weighted by Gasteiger charge is 2.06. The minimum Gasteiger partial charge on any atom is -0.478 e. The molecule has 0 bridgehead atoms. The molecule has 1 aromatic heterocycles. The molecular weight excluding hydrogens is 228 g/mol. The van der Waals surface area contributed by atoms with Crippen LogP contribution >= 0.6 is 12.4 Å². The van der Waals surface area contributed by atoms with Crippen LogP contribution in [0.5, 0.6) is 0 Å². The Bertz CT molecular complexity index is 338. The fourth-order valence-corrected chi connectivity index (χ4v) is 1.38. The standard InChI is InChI=1S/C11H16N2O2.ClH/c1-8(2)7-13(3)10-5-4-9(6-12-10)11(14)15;/h4-6,8H,7H2,1-3H3,(H,14,15);1H. The number of aromatic carboxylic acids is 1. The molecule has 16 heavy (non-hydrogen) atoms. The maximum atomic E-state index is 10.6. The Morgan fingerprint density at radius 3 is 2.50 bits per heavy atom. The highest BCUT2D eigenvalue weighted by Crippen LogP contribution is 2.11. The number of halogens is 1. The molecule has 90 valence electrons. The Labute approximate surface area is 102 Å². The number of carboxylic acid groups (broad SMARTS) is 1. The van der Waals surface area contributed by atoms with Crippen LogP contribution in [0.15, 0.2) is 18.3 Å². The average molecular weight is 245 g/mol. The molecule has 0 saturated carbocycles. The molecule has 1 rings (SSSR count). The lowest BCUT2D eigenvalue weighted by Crippen LogP contribution is -2.23. The van der Waals surface area contributed by atoms with E-state index in [1.807, 2.05) is 11.9 Å². The fourth-order valence-electron chi connectivity index (χ4n) is 1.38. The Morgan fingerprint density at radius 2 is 2.12 bits per heavy atom. The molecule has 0 aromatic carbocycles. The molecule has 0 aliphatic heterocycles. The summed E-state index contributed by atoms with van der Waals surface area (Å²) >= 11 is 0. The van der Waals surface area contributed by atoms with E-state index < -0.39 is 5.97 Å². The molecule has 1 aromatic rings. The molecular formula is C11H17ClN2O2. The van der Waals surface area contributed by atoms with Crippen molar-refractivity contribution in [3.8, 4) is 0 Å². The zero-order valence-corrected chi connectivity index (χ0v) is 10.5. The number of hydrogen-bond acceptors (Lipinski definition) is 3. The van der Waals surface area contributed by atoms with Crippen molar-refractivity contribution >= 4 is 24.2 Å². The quantitative estimate of drug-likeness (QED) is 0.883. The van der Waals surface area contributed by atoms with Crippen molar-refractivity contribution in [2.75, 3.05) is 18.5 Å². The predicted octanol–water partition coefficient (Wildman–Crippen LogP) is 2.29. The van der Waals surface area contributed by atoms with Gasteiger partial charge in [0.15, 0.2) is 0 Å². The SMILES string of the molecule is CC(C)CN(C)c1ccc(C(=O)O)cn1.Cl. The predicted molar refractivity (Wildman–Crippen MR) is 66.6 cm³/mol. The molecule has 0 saturated heterocycles. The highest BCUT2D eigenvalue weighted by molar-refractivity contribution is 5.87. The summed E-state index contributed by atoms with van der Waals surface area (Å²) in [6, 6.07) is 3.30. The van der Waals surface area contributed by atoms with Crippen LogP contribution in [0.2, 0.25) is 0 Å². The van der Waals surface area contributed by atoms with Crippen molar-refractivity contribution in [1.29, 1.82) is 0 Å². The van der Waals surface area contributed by atoms with Gasteiger partial charge in [0.2, 0.25) is 0 Å². The smallest absolute Gasteiger partial charge is 0.337 e. The summed E-state index contributed by atoms with van der Waals surface area (Å²) in [5.74, 6) is 0.408. The molecule has 1 heterocycles. The largest absolute Gasteiger partial charge is 0.478 e. The summed E-state index contributed by atoms with van der Waals surface area (Å²) in [6.45, 7) is 5.16. The normalized spacial score (nSPS) is 9.75. The van der Waals surface area contributed by atoms with Crippen LogP contribution in [0, 0.1) is 5.92 Å². The Kier molecular flexibility index (Phi) is 5.82. The van der Waals surface area contributed by atoms with E-state index in [9.17, 15) is 4.79 Å². The molecule has 0 radical (unpaired) electrons. The van der Waals surface area contributed by atoms with Gasteiger partial charge in [-0.25, -0.2) is 9.78 Å². The second kappa shape index (κ2) is 6.33. The van der Waals surface area contributed by atoms with Crippen molar-refractivity contribution < 1.29 is 9.90 Å². The van der Waals surface area contributed by atoms with E-state index in [1.165, 1.54) is 6.20 Å². The lowest BCUT2D eigenvalue weighted by Gasteiger charge is -2.20. The molecule has 0 atom stereocenters. The van der Waals surface area contributed by atoms with Crippen molar-refractivity contribution in [3.05, 3.63) is 23.9 Å². The van der Waals surface area contributed by atoms with Crippen molar-refractivity contribution in [2.45, 2.75) is 13.8 Å². The first-order valence-corrected chi connectivity index (χ1v) is 4.91. The maximum Gasteiger partial charge on any atom is 0.337 e. The van der Waals surface area contributed by atoms with Crippen LogP contribution in [0.3, 0.4) is 0 Å². The van der Waals surface area contributed by atoms with E-state index in [2.05, 4.69) is 18.8 Å². The van der Waals surface area contributed by atoms with E-state index >= 15 is 0 Å². The molecule has 0 aliphatic rings. The van der Waals surface area contributed by atoms with Crippen LogP contribution in [-0.4, -0.2) is 29.7 Å². The van der Waals surface area contributed by atoms with Gasteiger partial charge in [-0.05, 0) is 18.1 Å². The second-order valence-electron chi connectivity index (χ2n) is 3.98. The number of carboxylic acids is 1. The number of rotatable bonds is 4. The minimum atomic E-state index is -0.944. The summed E-state index contributed by atoms with van der Waals surface area (Å²) in [5, 5.41) is 8.71. The van der Waals surface area contributed by atoms with E-state index in [1.54, 1.807) is 12.1 Å². The van der Waals surface area contributed by atoms with Crippen LogP contribution in [-0.2, 0) is 0 Å². The van der Waals surface area contributed by atoms with E-state index in [0.717, 1.165) is 12.4 Å². The second-order valence-corrected chi connectivity index (χ2v) is 3.98. The van der Waals surface area contributed by atoms with E-state index in [-0.39, 0.29) is 18.0 Å². The number of nitrogens with zero attached hydrogens (tertiary/aromatic N) is 2. The molecule has 5 heteroatoms. The number of carbonyl (C=O) groups is 1. The molecule has 4 nitrogen and oxygen atoms in total. The van der Waals surface area contributed by atoms with Crippen LogP contribution in [0.1, 0.15) is 24.2 Å². The van der Waals surface area contributed by atoms with Crippen molar-refractivity contribution in [3.63, 3.8) is 0 Å². The van der Waals surface area contributed by atoms with Gasteiger partial charge in [-0.15, -0.1) is 12.4 Å². The maximum absolute atomic E-state index is 10.6. The summed E-state index contributed by atoms with van der Waals surface area (Å²) < 4.78 is 0. The summed E-state index contributed by atoms with van der Waals surface area (Å²) in [5.41, 5.74) is 0.219. The molecule has 0 unspecified atom stereocenters. The first-order valence-electron chi connectivity index (χ1n) is 4.91. The van der Waals surface area contributed by atoms with E-state index in [0.29, 0.717) is 5.92 Å². The Morgan fingerprint density at radius 1 is 1.50 bits per heavy atom. The molecule has 0 spiro atoms. The van der Waals surface area contributed by atoms with Gasteiger partial charge in [0, 0.05) is 19.8 Å². The number of hydrogen-bond donors (Lipinski definition) is 1. The molecule has 1 N–H and O–H groups in total. The van der Waals surface area contributed by atoms with Crippen LogP contribution < -0.4 is 4.90 Å². The third-order valence-electron chi connectivity index (χ3n) is 2.02. The minimum absolute atomic E-state index is 0. The molecule has 0 aliphatic carbocycles. The van der Waals surface area contributed by atoms with Gasteiger partial charge in [0.25, 0.3) is 0 Å². The number of aromatic nitrogens is 1. The van der Waals surface area contributed by atoms with E-state index in [4.69, 9.17) is 5.11 Å². The third-order valence-corrected chi connectivity index (χ3v) is 2.02. The Hall–Kier alpha value is -1.29. The first-order chi connectivity index (χ1) is 7.00. The van der Waals surface area contributed by atoms with Gasteiger partial charge >= 0.3 is 5.97 Å². The molecule has 0 fully saturated rings. The zero-order valence-electron chi connectivity index (χ0n) is 9.67. The van der Waals surface area contributed by atoms with Crippen molar-refractivity contribution in [2.24, 2.45) is 5.92 Å². The van der Waals surface area contributed by atoms with Crippen LogP contribution in [0.4, 0.5) is 5.82 Å². The van der Waals surface area contributed by atoms with Crippen LogP contribution in [0.25, 0.3) is 0 Å². The van der Waals surface area contributed by atoms with Gasteiger partial charge in [-0.2, -0.15) is 0 Å². The summed E-state index contributed by atoms with van der Waals surface area (Å²) in [4.78, 5) is 16.7. The van der Waals surface area contributed by atoms with Gasteiger partial charge in [-0.3, -0.25) is 0 Å². The number of anilines is 1. The highest BCUT2D eigenvalue weighted by atomic mass is 35.5. The third kappa shape index (κ3) is 4.06. The monoisotopic (exact) mass is 244 g/mol. The lowest BCUT2D eigenvalue weighted by atomic mass is 10.2. The van der Waals surface area contributed by atoms with Gasteiger partial charge < -0.3 is 10.0 Å². The fraction of sp³-hybridized carbons (Fsp3) is 0.455. The summed E-state index contributed by atoms with van der Waals surface area (Å²) in [7, 11) is 1.95. The first kappa shape index (κ1) is 14.7. The van der Waals surface area contributed by atoms with Gasteiger partial charge in [0.1, 0.15) is 5.82 Å². The topological polar surface area (TPSA) is 53.4 Å². The lowest BCUT2D eigenvalue weighted by molar-refractivity contribution is 0.0696. The van der Waals surface area contributed by atoms with Gasteiger partial charge in [0.05, 0.1) is 5.56 Å². The Balaban J connectivity index is 0.00000225. The summed E-state index contributed by atoms with van der Waals surface area (Å²) in [6.07, 6.45) is 1.38. The van der Waals surface area contributed by atoms with Gasteiger partial charge in [-0.1, -0.05) is 13.8 Å².